The van der Waals surface area contributed by atoms with Gasteiger partial charge in [-0.3, -0.25) is 9.59 Å². The summed E-state index contributed by atoms with van der Waals surface area (Å²) in [5.41, 5.74) is 13.0. The average Bonchev–Trinajstić information content (AvgIpc) is 2.64. The molecule has 0 saturated carbocycles. The third-order valence-electron chi connectivity index (χ3n) is 5.65. The van der Waals surface area contributed by atoms with Crippen LogP contribution < -0.4 is 15.9 Å². The molecule has 0 unspecified atom stereocenters. The standard InChI is InChI=1S/C23H25NO4/c1-11-7-17(27-21(26)10-24)8-19-22(11)18(25)9-20(28-19)23-15(5)13(3)12(2)14(4)16(23)6/h7-9H,10,24H2,1-6H3. The largest absolute Gasteiger partial charge is 0.456 e. The maximum atomic E-state index is 12.9. The van der Waals surface area contributed by atoms with Gasteiger partial charge in [-0.25, -0.2) is 0 Å². The Kier molecular flexibility index (Phi) is 5.13. The number of carbonyl (C=O) groups excluding carboxylic acids is 1. The van der Waals surface area contributed by atoms with Crippen LogP contribution >= 0.6 is 0 Å². The van der Waals surface area contributed by atoms with Gasteiger partial charge in [-0.2, -0.15) is 0 Å². The van der Waals surface area contributed by atoms with Crippen molar-refractivity contribution in [3.8, 4) is 17.1 Å². The maximum Gasteiger partial charge on any atom is 0.325 e. The number of nitrogens with two attached hydrogens (primary N) is 1. The molecular formula is C23H25NO4. The van der Waals surface area contributed by atoms with Gasteiger partial charge in [0.2, 0.25) is 0 Å². The van der Waals surface area contributed by atoms with E-state index in [0.717, 1.165) is 16.7 Å². The Morgan fingerprint density at radius 3 is 2.07 bits per heavy atom. The molecule has 0 aliphatic heterocycles. The molecule has 0 aliphatic carbocycles. The first-order chi connectivity index (χ1) is 13.1. The molecule has 2 N–H and O–H groups in total. The second-order valence-electron chi connectivity index (χ2n) is 7.27. The fraction of sp³-hybridized carbons (Fsp3) is 0.304. The third kappa shape index (κ3) is 3.22. The van der Waals surface area contributed by atoms with E-state index in [-0.39, 0.29) is 12.0 Å². The molecule has 0 bridgehead atoms. The number of benzene rings is 2. The van der Waals surface area contributed by atoms with Crippen LogP contribution in [0.4, 0.5) is 0 Å². The van der Waals surface area contributed by atoms with E-state index in [1.165, 1.54) is 16.7 Å². The molecule has 5 heteroatoms. The molecule has 0 spiro atoms. The van der Waals surface area contributed by atoms with Crippen LogP contribution in [0.25, 0.3) is 22.3 Å². The Morgan fingerprint density at radius 1 is 0.929 bits per heavy atom. The molecule has 3 aromatic rings. The number of fused-ring (bicyclic) bond motifs is 1. The number of carbonyl (C=O) groups is 1. The van der Waals surface area contributed by atoms with Crippen LogP contribution in [0.2, 0.25) is 0 Å². The van der Waals surface area contributed by atoms with Crippen LogP contribution in [0.5, 0.6) is 5.75 Å². The summed E-state index contributed by atoms with van der Waals surface area (Å²) in [6.45, 7) is 11.9. The van der Waals surface area contributed by atoms with E-state index in [1.54, 1.807) is 25.1 Å². The Bertz CT molecular complexity index is 1140. The molecule has 2 aromatic carbocycles. The van der Waals surface area contributed by atoms with Gasteiger partial charge in [-0.05, 0) is 81.0 Å². The van der Waals surface area contributed by atoms with Crippen LogP contribution in [0, 0.1) is 41.5 Å². The molecule has 1 heterocycles. The first-order valence-electron chi connectivity index (χ1n) is 9.22. The molecule has 1 aromatic heterocycles. The molecular weight excluding hydrogens is 354 g/mol. The highest BCUT2D eigenvalue weighted by Crippen LogP contribution is 2.35. The van der Waals surface area contributed by atoms with Crippen molar-refractivity contribution in [1.82, 2.24) is 0 Å². The van der Waals surface area contributed by atoms with Crippen LogP contribution in [0.3, 0.4) is 0 Å². The van der Waals surface area contributed by atoms with Crippen molar-refractivity contribution in [2.24, 2.45) is 5.73 Å². The van der Waals surface area contributed by atoms with Gasteiger partial charge >= 0.3 is 5.97 Å². The predicted molar refractivity (Wildman–Crippen MR) is 111 cm³/mol. The number of hydrogen-bond donors (Lipinski definition) is 1. The first-order valence-corrected chi connectivity index (χ1v) is 9.22. The zero-order valence-electron chi connectivity index (χ0n) is 17.1. The molecule has 5 nitrogen and oxygen atoms in total. The smallest absolute Gasteiger partial charge is 0.325 e. The number of hydrogen-bond acceptors (Lipinski definition) is 5. The van der Waals surface area contributed by atoms with Gasteiger partial charge in [0.1, 0.15) is 17.1 Å². The Hall–Kier alpha value is -2.92. The third-order valence-corrected chi connectivity index (χ3v) is 5.65. The number of esters is 1. The van der Waals surface area contributed by atoms with Gasteiger partial charge in [0.05, 0.1) is 11.9 Å². The van der Waals surface area contributed by atoms with E-state index >= 15 is 0 Å². The van der Waals surface area contributed by atoms with E-state index in [1.807, 2.05) is 13.8 Å². The summed E-state index contributed by atoms with van der Waals surface area (Å²) in [5, 5.41) is 0.479. The normalized spacial score (nSPS) is 11.1. The lowest BCUT2D eigenvalue weighted by atomic mass is 9.88. The second-order valence-corrected chi connectivity index (χ2v) is 7.27. The van der Waals surface area contributed by atoms with E-state index in [0.29, 0.717) is 28.0 Å². The van der Waals surface area contributed by atoms with E-state index < -0.39 is 5.97 Å². The van der Waals surface area contributed by atoms with Gasteiger partial charge in [0.15, 0.2) is 5.43 Å². The van der Waals surface area contributed by atoms with Crippen molar-refractivity contribution in [3.63, 3.8) is 0 Å². The van der Waals surface area contributed by atoms with Crippen molar-refractivity contribution in [3.05, 3.63) is 61.8 Å². The summed E-state index contributed by atoms with van der Waals surface area (Å²) in [6, 6.07) is 4.76. The topological polar surface area (TPSA) is 82.5 Å². The van der Waals surface area contributed by atoms with E-state index in [9.17, 15) is 9.59 Å². The summed E-state index contributed by atoms with van der Waals surface area (Å²) in [5.74, 6) is 0.277. The fourth-order valence-electron chi connectivity index (χ4n) is 3.68. The van der Waals surface area contributed by atoms with Crippen LogP contribution in [-0.4, -0.2) is 12.5 Å². The van der Waals surface area contributed by atoms with Gasteiger partial charge in [-0.1, -0.05) is 0 Å². The summed E-state index contributed by atoms with van der Waals surface area (Å²) in [7, 11) is 0. The van der Waals surface area contributed by atoms with Gasteiger partial charge < -0.3 is 14.9 Å². The highest BCUT2D eigenvalue weighted by molar-refractivity contribution is 5.85. The van der Waals surface area contributed by atoms with Crippen molar-refractivity contribution in [2.75, 3.05) is 6.54 Å². The van der Waals surface area contributed by atoms with E-state index in [2.05, 4.69) is 20.8 Å². The minimum absolute atomic E-state index is 0.125. The number of ether oxygens (including phenoxy) is 1. The summed E-state index contributed by atoms with van der Waals surface area (Å²) in [4.78, 5) is 24.4. The van der Waals surface area contributed by atoms with Crippen molar-refractivity contribution < 1.29 is 13.9 Å². The van der Waals surface area contributed by atoms with Crippen molar-refractivity contribution in [2.45, 2.75) is 41.5 Å². The molecule has 0 aliphatic rings. The minimum atomic E-state index is -0.547. The molecule has 28 heavy (non-hydrogen) atoms. The van der Waals surface area contributed by atoms with Gasteiger partial charge in [0.25, 0.3) is 0 Å². The molecule has 0 fully saturated rings. The summed E-state index contributed by atoms with van der Waals surface area (Å²) < 4.78 is 11.4. The van der Waals surface area contributed by atoms with Crippen LogP contribution in [0.15, 0.2) is 27.4 Å². The quantitative estimate of drug-likeness (QED) is 0.545. The molecule has 0 amide bonds. The minimum Gasteiger partial charge on any atom is -0.456 e. The summed E-state index contributed by atoms with van der Waals surface area (Å²) >= 11 is 0. The zero-order chi connectivity index (χ0) is 20.7. The molecule has 146 valence electrons. The lowest BCUT2D eigenvalue weighted by Gasteiger charge is -2.18. The summed E-state index contributed by atoms with van der Waals surface area (Å²) in [6.07, 6.45) is 0. The van der Waals surface area contributed by atoms with Gasteiger partial charge in [0, 0.05) is 17.7 Å². The van der Waals surface area contributed by atoms with Crippen LogP contribution in [-0.2, 0) is 4.79 Å². The van der Waals surface area contributed by atoms with Gasteiger partial charge in [-0.15, -0.1) is 0 Å². The fourth-order valence-corrected chi connectivity index (χ4v) is 3.68. The zero-order valence-corrected chi connectivity index (χ0v) is 17.1. The monoisotopic (exact) mass is 379 g/mol. The maximum absolute atomic E-state index is 12.9. The predicted octanol–water partition coefficient (Wildman–Crippen LogP) is 4.17. The number of rotatable bonds is 3. The Labute approximate surface area is 164 Å². The molecule has 3 rings (SSSR count). The van der Waals surface area contributed by atoms with Crippen molar-refractivity contribution >= 4 is 16.9 Å². The second kappa shape index (κ2) is 7.24. The first kappa shape index (κ1) is 19.8. The Morgan fingerprint density at radius 2 is 1.50 bits per heavy atom. The average molecular weight is 379 g/mol. The molecule has 0 saturated heterocycles. The lowest BCUT2D eigenvalue weighted by molar-refractivity contribution is -0.132. The molecule has 0 atom stereocenters. The highest BCUT2D eigenvalue weighted by Gasteiger charge is 2.18. The Balaban J connectivity index is 2.30. The van der Waals surface area contributed by atoms with Crippen LogP contribution in [0.1, 0.15) is 33.4 Å². The SMILES string of the molecule is Cc1c(C)c(C)c(-c2cc(=O)c3c(C)cc(OC(=O)CN)cc3o2)c(C)c1C. The van der Waals surface area contributed by atoms with Crippen molar-refractivity contribution in [1.29, 1.82) is 0 Å². The lowest BCUT2D eigenvalue weighted by Crippen LogP contribution is -2.19. The van der Waals surface area contributed by atoms with E-state index in [4.69, 9.17) is 14.9 Å². The highest BCUT2D eigenvalue weighted by atomic mass is 16.5. The molecule has 0 radical (unpaired) electrons. The number of aryl methyl sites for hydroxylation is 1.